The van der Waals surface area contributed by atoms with Gasteiger partial charge in [0.05, 0.1) is 0 Å². The maximum atomic E-state index is 11.9. The number of carbonyl (C=O) groups excluding carboxylic acids is 4. The number of aliphatic hydroxyl groups is 2. The summed E-state index contributed by atoms with van der Waals surface area (Å²) in [4.78, 5) is 41.8. The zero-order chi connectivity index (χ0) is 28.2. The van der Waals surface area contributed by atoms with E-state index in [1.165, 1.54) is 13.8 Å². The second-order valence-corrected chi connectivity index (χ2v) is 7.71. The molecule has 0 aliphatic heterocycles. The minimum absolute atomic E-state index is 0.231. The highest BCUT2D eigenvalue weighted by atomic mass is 16.3. The van der Waals surface area contributed by atoms with Gasteiger partial charge < -0.3 is 15.0 Å². The molecule has 6 nitrogen and oxygen atoms in total. The summed E-state index contributed by atoms with van der Waals surface area (Å²) in [7, 11) is 0. The van der Waals surface area contributed by atoms with Crippen LogP contribution in [0.3, 0.4) is 0 Å². The van der Waals surface area contributed by atoms with Crippen LogP contribution >= 0.6 is 0 Å². The van der Waals surface area contributed by atoms with E-state index in [0.717, 1.165) is 18.1 Å². The predicted molar refractivity (Wildman–Crippen MR) is 148 cm³/mol. The lowest BCUT2D eigenvalue weighted by molar-refractivity contribution is -0.106. The van der Waals surface area contributed by atoms with E-state index in [1.807, 2.05) is 36.4 Å². The van der Waals surface area contributed by atoms with E-state index >= 15 is 0 Å². The highest BCUT2D eigenvalue weighted by Gasteiger charge is 2.18. The number of rotatable bonds is 6. The summed E-state index contributed by atoms with van der Waals surface area (Å²) in [5.74, 6) is -0.502. The third-order valence-electron chi connectivity index (χ3n) is 4.80. The third kappa shape index (κ3) is 11.9. The zero-order valence-corrected chi connectivity index (χ0v) is 21.4. The summed E-state index contributed by atoms with van der Waals surface area (Å²) < 4.78 is 0. The molecular formula is C32H32O6. The van der Waals surface area contributed by atoms with Crippen LogP contribution in [0.2, 0.25) is 0 Å². The molecule has 4 aromatic rings. The molecule has 0 bridgehead atoms. The first-order chi connectivity index (χ1) is 18.3. The van der Waals surface area contributed by atoms with E-state index in [4.69, 9.17) is 9.90 Å². The Morgan fingerprint density at radius 3 is 1.29 bits per heavy atom. The molecule has 0 aromatic heterocycles. The minimum atomic E-state index is -1.08. The Morgan fingerprint density at radius 2 is 0.947 bits per heavy atom. The summed E-state index contributed by atoms with van der Waals surface area (Å²) >= 11 is 0. The Balaban J connectivity index is 0.000000286. The van der Waals surface area contributed by atoms with Crippen molar-refractivity contribution in [1.82, 2.24) is 0 Å². The van der Waals surface area contributed by atoms with Crippen molar-refractivity contribution in [3.8, 4) is 0 Å². The van der Waals surface area contributed by atoms with E-state index in [9.17, 15) is 19.5 Å². The van der Waals surface area contributed by atoms with Gasteiger partial charge in [-0.15, -0.1) is 0 Å². The standard InChI is InChI=1S/C14H12O2.C9H10O2.C7H6O.C2H4O/c15-13(11-7-3-1-4-8-11)14(16)12-9-5-2-6-10-12;1-7(10)9(11)8-5-3-2-4-6-8;8-6-7-4-2-1-3-5-7;1-2-3/h1-10,13,15H;2-7,10H,1H3;1-6H;2H,1H3/t13-;7-;;/m11../s1. The minimum Gasteiger partial charge on any atom is -0.385 e. The van der Waals surface area contributed by atoms with Crippen molar-refractivity contribution in [2.75, 3.05) is 0 Å². The largest absolute Gasteiger partial charge is 0.385 e. The molecule has 0 fully saturated rings. The van der Waals surface area contributed by atoms with Crippen LogP contribution in [-0.4, -0.2) is 40.5 Å². The van der Waals surface area contributed by atoms with E-state index in [0.29, 0.717) is 16.7 Å². The molecule has 0 aliphatic rings. The lowest BCUT2D eigenvalue weighted by Gasteiger charge is -2.09. The Kier molecular flexibility index (Phi) is 15.5. The zero-order valence-electron chi connectivity index (χ0n) is 21.4. The Hall–Kier alpha value is -4.52. The summed E-state index contributed by atoms with van der Waals surface area (Å²) in [5.41, 5.74) is 2.44. The summed E-state index contributed by atoms with van der Waals surface area (Å²) in [6, 6.07) is 35.6. The number of carbonyl (C=O) groups is 4. The Labute approximate surface area is 223 Å². The van der Waals surface area contributed by atoms with Crippen molar-refractivity contribution in [1.29, 1.82) is 0 Å². The van der Waals surface area contributed by atoms with Gasteiger partial charge in [0.25, 0.3) is 0 Å². The molecule has 196 valence electrons. The first-order valence-corrected chi connectivity index (χ1v) is 11.8. The molecule has 38 heavy (non-hydrogen) atoms. The highest BCUT2D eigenvalue weighted by Crippen LogP contribution is 2.17. The van der Waals surface area contributed by atoms with Crippen LogP contribution in [0.1, 0.15) is 56.6 Å². The second-order valence-electron chi connectivity index (χ2n) is 7.71. The molecule has 0 amide bonds. The van der Waals surface area contributed by atoms with Gasteiger partial charge in [0.15, 0.2) is 11.6 Å². The van der Waals surface area contributed by atoms with Crippen molar-refractivity contribution in [3.05, 3.63) is 144 Å². The van der Waals surface area contributed by atoms with Crippen molar-refractivity contribution in [2.24, 2.45) is 0 Å². The number of benzene rings is 4. The number of ketones is 2. The average molecular weight is 513 g/mol. The topological polar surface area (TPSA) is 109 Å². The van der Waals surface area contributed by atoms with Crippen LogP contribution in [-0.2, 0) is 4.79 Å². The normalized spacial score (nSPS) is 10.8. The van der Waals surface area contributed by atoms with Crippen molar-refractivity contribution >= 4 is 24.1 Å². The van der Waals surface area contributed by atoms with Gasteiger partial charge >= 0.3 is 0 Å². The number of aliphatic hydroxyl groups excluding tert-OH is 2. The maximum absolute atomic E-state index is 11.9. The fraction of sp³-hybridized carbons (Fsp3) is 0.125. The van der Waals surface area contributed by atoms with E-state index in [-0.39, 0.29) is 11.6 Å². The highest BCUT2D eigenvalue weighted by molar-refractivity contribution is 6.00. The van der Waals surface area contributed by atoms with Gasteiger partial charge in [-0.25, -0.2) is 0 Å². The molecular weight excluding hydrogens is 480 g/mol. The molecule has 0 spiro atoms. The van der Waals surface area contributed by atoms with Crippen LogP contribution < -0.4 is 0 Å². The number of hydrogen-bond donors (Lipinski definition) is 2. The monoisotopic (exact) mass is 512 g/mol. The fourth-order valence-corrected chi connectivity index (χ4v) is 2.92. The van der Waals surface area contributed by atoms with Gasteiger partial charge in [-0.1, -0.05) is 121 Å². The maximum Gasteiger partial charge on any atom is 0.195 e. The molecule has 4 aromatic carbocycles. The van der Waals surface area contributed by atoms with Gasteiger partial charge in [0, 0.05) is 16.7 Å². The molecule has 6 heteroatoms. The van der Waals surface area contributed by atoms with Gasteiger partial charge in [-0.3, -0.25) is 14.4 Å². The van der Waals surface area contributed by atoms with Crippen LogP contribution in [0.25, 0.3) is 0 Å². The number of Topliss-reactive ketones (excluding diaryl/α,β-unsaturated/α-hetero) is 2. The number of aldehydes is 2. The van der Waals surface area contributed by atoms with Crippen LogP contribution in [0, 0.1) is 0 Å². The van der Waals surface area contributed by atoms with Gasteiger partial charge in [0.1, 0.15) is 24.8 Å². The van der Waals surface area contributed by atoms with Crippen LogP contribution in [0.4, 0.5) is 0 Å². The second kappa shape index (κ2) is 18.7. The predicted octanol–water partition coefficient (Wildman–Crippen LogP) is 5.56. The van der Waals surface area contributed by atoms with Crippen molar-refractivity contribution in [2.45, 2.75) is 26.1 Å². The van der Waals surface area contributed by atoms with E-state index < -0.39 is 12.2 Å². The van der Waals surface area contributed by atoms with Gasteiger partial charge in [-0.2, -0.15) is 0 Å². The van der Waals surface area contributed by atoms with Crippen LogP contribution in [0.5, 0.6) is 0 Å². The van der Waals surface area contributed by atoms with E-state index in [2.05, 4.69) is 0 Å². The fourth-order valence-electron chi connectivity index (χ4n) is 2.92. The SMILES string of the molecule is CC=O.C[C@@H](O)C(=O)c1ccccc1.O=C(c1ccccc1)[C@H](O)c1ccccc1.O=Cc1ccccc1. The molecule has 4 rings (SSSR count). The molecule has 0 saturated heterocycles. The third-order valence-corrected chi connectivity index (χ3v) is 4.80. The molecule has 2 N–H and O–H groups in total. The lowest BCUT2D eigenvalue weighted by atomic mass is 10.0. The molecule has 0 saturated carbocycles. The average Bonchev–Trinajstić information content (AvgIpc) is 2.99. The molecule has 0 heterocycles. The Bertz CT molecular complexity index is 1210. The first kappa shape index (κ1) is 31.5. The van der Waals surface area contributed by atoms with Gasteiger partial charge in [0.2, 0.25) is 0 Å². The Morgan fingerprint density at radius 1 is 0.605 bits per heavy atom. The quantitative estimate of drug-likeness (QED) is 0.259. The molecule has 0 unspecified atom stereocenters. The summed E-state index contributed by atoms with van der Waals surface area (Å²) in [6.07, 6.45) is -0.402. The molecule has 2 atom stereocenters. The van der Waals surface area contributed by atoms with Crippen molar-refractivity contribution in [3.63, 3.8) is 0 Å². The summed E-state index contributed by atoms with van der Waals surface area (Å²) in [5, 5.41) is 18.8. The smallest absolute Gasteiger partial charge is 0.195 e. The molecule has 0 aliphatic carbocycles. The molecule has 0 radical (unpaired) electrons. The van der Waals surface area contributed by atoms with Crippen LogP contribution in [0.15, 0.2) is 121 Å². The lowest BCUT2D eigenvalue weighted by Crippen LogP contribution is -2.15. The van der Waals surface area contributed by atoms with E-state index in [1.54, 1.807) is 84.9 Å². The van der Waals surface area contributed by atoms with Crippen molar-refractivity contribution < 1.29 is 29.4 Å². The first-order valence-electron chi connectivity index (χ1n) is 11.8. The number of hydrogen-bond acceptors (Lipinski definition) is 6. The van der Waals surface area contributed by atoms with Gasteiger partial charge in [-0.05, 0) is 19.4 Å². The summed E-state index contributed by atoms with van der Waals surface area (Å²) in [6.45, 7) is 2.91.